The Hall–Kier alpha value is -2.74. The summed E-state index contributed by atoms with van der Waals surface area (Å²) in [4.78, 5) is 13.5. The average molecular weight is 460 g/mol. The molecule has 2 aromatic carbocycles. The largest absolute Gasteiger partial charge is 0.345 e. The number of carbonyl (C=O) groups excluding carboxylic acids is 1. The van der Waals surface area contributed by atoms with Crippen LogP contribution in [0.5, 0.6) is 0 Å². The number of amides is 1. The molecule has 1 aromatic heterocycles. The van der Waals surface area contributed by atoms with Gasteiger partial charge in [0.15, 0.2) is 5.84 Å². The monoisotopic (exact) mass is 459 g/mol. The fourth-order valence-corrected chi connectivity index (χ4v) is 4.41. The van der Waals surface area contributed by atoms with Crippen molar-refractivity contribution in [2.24, 2.45) is 16.1 Å². The van der Waals surface area contributed by atoms with Crippen molar-refractivity contribution in [2.75, 3.05) is 0 Å². The van der Waals surface area contributed by atoms with Crippen LogP contribution in [0, 0.1) is 5.53 Å². The molecule has 1 atom stereocenters. The van der Waals surface area contributed by atoms with E-state index in [2.05, 4.69) is 15.5 Å². The number of nitrogens with two attached hydrogens (primary N) is 1. The van der Waals surface area contributed by atoms with Crippen molar-refractivity contribution < 1.29 is 4.79 Å². The zero-order valence-corrected chi connectivity index (χ0v) is 18.4. The first-order valence-corrected chi connectivity index (χ1v) is 10.6. The van der Waals surface area contributed by atoms with Crippen molar-refractivity contribution in [3.05, 3.63) is 91.1 Å². The molecular weight excluding hydrogens is 441 g/mol. The summed E-state index contributed by atoms with van der Waals surface area (Å²) >= 11 is 13.5. The Labute approximate surface area is 188 Å². The normalized spacial score (nSPS) is 12.4. The first kappa shape index (κ1) is 22.0. The number of nitrogens with zero attached hydrogens (tertiary/aromatic N) is 2. The fraction of sp³-hybridized carbons (Fsp3) is 0.143. The van der Waals surface area contributed by atoms with Crippen molar-refractivity contribution in [1.82, 2.24) is 5.32 Å². The van der Waals surface area contributed by atoms with Crippen LogP contribution in [-0.2, 0) is 6.42 Å². The van der Waals surface area contributed by atoms with Crippen LogP contribution in [0.25, 0.3) is 0 Å². The minimum atomic E-state index is -0.238. The first-order chi connectivity index (χ1) is 14.4. The Morgan fingerprint density at radius 1 is 1.20 bits per heavy atom. The van der Waals surface area contributed by atoms with E-state index in [1.165, 1.54) is 11.3 Å². The lowest BCUT2D eigenvalue weighted by molar-refractivity contribution is 0.0943. The first-order valence-electron chi connectivity index (χ1n) is 9.00. The molecule has 154 valence electrons. The van der Waals surface area contributed by atoms with Gasteiger partial charge in [-0.15, -0.1) is 16.5 Å². The smallest absolute Gasteiger partial charge is 0.262 e. The van der Waals surface area contributed by atoms with Gasteiger partial charge < -0.3 is 11.2 Å². The zero-order valence-electron chi connectivity index (χ0n) is 16.0. The van der Waals surface area contributed by atoms with E-state index >= 15 is 0 Å². The van der Waals surface area contributed by atoms with Crippen molar-refractivity contribution in [3.8, 4) is 0 Å². The summed E-state index contributed by atoms with van der Waals surface area (Å²) in [5.41, 5.74) is 10.5. The molecule has 0 radical (unpaired) electrons. The van der Waals surface area contributed by atoms with E-state index in [0.717, 1.165) is 16.7 Å². The Bertz CT molecular complexity index is 1100. The SMILES string of the molecule is CC(NC(=O)c1sc(Cl)cc1Cc1cccc(Cl)c1)c1ccc(/C(N=N)=N/N)cc1. The van der Waals surface area contributed by atoms with Crippen LogP contribution >= 0.6 is 34.5 Å². The van der Waals surface area contributed by atoms with E-state index < -0.39 is 0 Å². The second-order valence-corrected chi connectivity index (χ2v) is 8.71. The molecule has 0 aliphatic rings. The number of hydrogen-bond acceptors (Lipinski definition) is 5. The van der Waals surface area contributed by atoms with Gasteiger partial charge in [0.25, 0.3) is 5.91 Å². The van der Waals surface area contributed by atoms with Crippen molar-refractivity contribution in [2.45, 2.75) is 19.4 Å². The van der Waals surface area contributed by atoms with Gasteiger partial charge in [-0.3, -0.25) is 4.79 Å². The maximum Gasteiger partial charge on any atom is 0.262 e. The fourth-order valence-electron chi connectivity index (χ4n) is 3.02. The van der Waals surface area contributed by atoms with E-state index in [1.807, 2.05) is 49.4 Å². The van der Waals surface area contributed by atoms with Crippen LogP contribution in [0.2, 0.25) is 9.36 Å². The number of hydrazone groups is 1. The minimum Gasteiger partial charge on any atom is -0.345 e. The van der Waals surface area contributed by atoms with Gasteiger partial charge in [-0.2, -0.15) is 5.10 Å². The second-order valence-electron chi connectivity index (χ2n) is 6.59. The summed E-state index contributed by atoms with van der Waals surface area (Å²) in [5, 5.41) is 10.4. The standard InChI is InChI=1S/C21H19Cl2N5OS/c1-12(14-5-7-15(8-6-14)20(27-24)28-25)26-21(29)19-16(11-18(23)30-19)9-13-3-2-4-17(22)10-13/h2-8,10-12,24H,9,25H2,1H3,(H,26,29)/b27-24?,28-20-. The number of halogens is 2. The number of carbonyl (C=O) groups is 1. The van der Waals surface area contributed by atoms with E-state index in [9.17, 15) is 4.79 Å². The molecule has 0 fully saturated rings. The number of hydrogen-bond donors (Lipinski definition) is 3. The third kappa shape index (κ3) is 5.24. The Morgan fingerprint density at radius 3 is 2.57 bits per heavy atom. The van der Waals surface area contributed by atoms with Crippen molar-refractivity contribution in [3.63, 3.8) is 0 Å². The highest BCUT2D eigenvalue weighted by Crippen LogP contribution is 2.30. The second kappa shape index (κ2) is 9.84. The average Bonchev–Trinajstić information content (AvgIpc) is 3.09. The molecule has 0 aliphatic heterocycles. The lowest BCUT2D eigenvalue weighted by Crippen LogP contribution is -2.26. The maximum atomic E-state index is 12.9. The summed E-state index contributed by atoms with van der Waals surface area (Å²) in [7, 11) is 0. The lowest BCUT2D eigenvalue weighted by atomic mass is 10.0. The van der Waals surface area contributed by atoms with Gasteiger partial charge in [-0.25, -0.2) is 5.53 Å². The third-order valence-electron chi connectivity index (χ3n) is 4.51. The van der Waals surface area contributed by atoms with Gasteiger partial charge >= 0.3 is 0 Å². The molecule has 0 saturated heterocycles. The lowest BCUT2D eigenvalue weighted by Gasteiger charge is -2.15. The predicted molar refractivity (Wildman–Crippen MR) is 122 cm³/mol. The summed E-state index contributed by atoms with van der Waals surface area (Å²) in [5.74, 6) is 5.17. The molecule has 3 rings (SSSR count). The molecule has 30 heavy (non-hydrogen) atoms. The molecule has 0 aliphatic carbocycles. The van der Waals surface area contributed by atoms with Crippen LogP contribution < -0.4 is 11.2 Å². The van der Waals surface area contributed by atoms with Crippen molar-refractivity contribution in [1.29, 1.82) is 5.53 Å². The number of amidine groups is 1. The number of benzene rings is 2. The highest BCUT2D eigenvalue weighted by molar-refractivity contribution is 7.18. The van der Waals surface area contributed by atoms with Gasteiger partial charge in [0.2, 0.25) is 0 Å². The molecule has 4 N–H and O–H groups in total. The van der Waals surface area contributed by atoms with Crippen molar-refractivity contribution >= 4 is 46.3 Å². The van der Waals surface area contributed by atoms with E-state index in [1.54, 1.807) is 12.1 Å². The third-order valence-corrected chi connectivity index (χ3v) is 6.05. The van der Waals surface area contributed by atoms with E-state index in [-0.39, 0.29) is 17.8 Å². The molecule has 0 saturated carbocycles. The van der Waals surface area contributed by atoms with Crippen LogP contribution in [0.15, 0.2) is 64.8 Å². The molecule has 6 nitrogen and oxygen atoms in total. The number of nitrogens with one attached hydrogen (secondary N) is 2. The Kier molecular flexibility index (Phi) is 7.20. The van der Waals surface area contributed by atoms with Crippen LogP contribution in [0.1, 0.15) is 44.9 Å². The molecule has 0 bridgehead atoms. The van der Waals surface area contributed by atoms with Gasteiger partial charge in [-0.05, 0) is 48.2 Å². The van der Waals surface area contributed by atoms with Crippen LogP contribution in [0.3, 0.4) is 0 Å². The maximum absolute atomic E-state index is 12.9. The topological polar surface area (TPSA) is 104 Å². The molecule has 3 aromatic rings. The number of rotatable bonds is 6. The molecule has 9 heteroatoms. The van der Waals surface area contributed by atoms with Crippen LogP contribution in [-0.4, -0.2) is 11.7 Å². The number of thiophene rings is 1. The quantitative estimate of drug-likeness (QED) is 0.143. The molecule has 1 heterocycles. The molecular formula is C21H19Cl2N5OS. The molecule has 1 amide bonds. The highest BCUT2D eigenvalue weighted by atomic mass is 35.5. The summed E-state index contributed by atoms with van der Waals surface area (Å²) in [6.07, 6.45) is 0.563. The summed E-state index contributed by atoms with van der Waals surface area (Å²) in [6, 6.07) is 16.3. The minimum absolute atomic E-state index is 0.136. The highest BCUT2D eigenvalue weighted by Gasteiger charge is 2.19. The zero-order chi connectivity index (χ0) is 21.7. The molecule has 1 unspecified atom stereocenters. The summed E-state index contributed by atoms with van der Waals surface area (Å²) in [6.45, 7) is 1.89. The summed E-state index contributed by atoms with van der Waals surface area (Å²) < 4.78 is 0.557. The Morgan fingerprint density at radius 2 is 1.93 bits per heavy atom. The van der Waals surface area contributed by atoms with Crippen LogP contribution in [0.4, 0.5) is 0 Å². The Balaban J connectivity index is 1.75. The van der Waals surface area contributed by atoms with Gasteiger partial charge in [0.1, 0.15) is 0 Å². The van der Waals surface area contributed by atoms with E-state index in [4.69, 9.17) is 34.6 Å². The van der Waals surface area contributed by atoms with Gasteiger partial charge in [-0.1, -0.05) is 59.6 Å². The van der Waals surface area contributed by atoms with E-state index in [0.29, 0.717) is 26.2 Å². The predicted octanol–water partition coefficient (Wildman–Crippen LogP) is 5.79. The van der Waals surface area contributed by atoms with Gasteiger partial charge in [0, 0.05) is 10.6 Å². The van der Waals surface area contributed by atoms with Gasteiger partial charge in [0.05, 0.1) is 15.3 Å². The molecule has 0 spiro atoms.